The van der Waals surface area contributed by atoms with E-state index in [0.29, 0.717) is 5.25 Å². The SMILES string of the molecule is CC(C)(C)OOCC1CS1. The fourth-order valence-electron chi connectivity index (χ4n) is 0.451. The first-order valence-electron chi connectivity index (χ1n) is 3.50. The van der Waals surface area contributed by atoms with Crippen molar-refractivity contribution in [2.24, 2.45) is 0 Å². The van der Waals surface area contributed by atoms with E-state index >= 15 is 0 Å². The molecule has 10 heavy (non-hydrogen) atoms. The van der Waals surface area contributed by atoms with Gasteiger partial charge in [0.15, 0.2) is 0 Å². The van der Waals surface area contributed by atoms with Crippen molar-refractivity contribution in [3.8, 4) is 0 Å². The van der Waals surface area contributed by atoms with Gasteiger partial charge in [0.2, 0.25) is 0 Å². The Morgan fingerprint density at radius 2 is 2.10 bits per heavy atom. The second kappa shape index (κ2) is 3.11. The fraction of sp³-hybridized carbons (Fsp3) is 1.00. The van der Waals surface area contributed by atoms with Crippen LogP contribution in [0.5, 0.6) is 0 Å². The highest BCUT2D eigenvalue weighted by Crippen LogP contribution is 2.30. The first-order chi connectivity index (χ1) is 4.58. The van der Waals surface area contributed by atoms with Crippen molar-refractivity contribution in [2.45, 2.75) is 31.6 Å². The van der Waals surface area contributed by atoms with Gasteiger partial charge in [-0.25, -0.2) is 9.78 Å². The zero-order valence-electron chi connectivity index (χ0n) is 6.72. The molecule has 0 aromatic carbocycles. The highest BCUT2D eigenvalue weighted by atomic mass is 32.2. The Labute approximate surface area is 66.2 Å². The van der Waals surface area contributed by atoms with Crippen molar-refractivity contribution in [1.82, 2.24) is 0 Å². The highest BCUT2D eigenvalue weighted by Gasteiger charge is 2.23. The van der Waals surface area contributed by atoms with E-state index in [9.17, 15) is 0 Å². The van der Waals surface area contributed by atoms with E-state index in [-0.39, 0.29) is 5.60 Å². The minimum absolute atomic E-state index is 0.167. The molecule has 0 aliphatic carbocycles. The van der Waals surface area contributed by atoms with Crippen LogP contribution in [-0.4, -0.2) is 23.2 Å². The van der Waals surface area contributed by atoms with Gasteiger partial charge in [0.05, 0.1) is 12.2 Å². The smallest absolute Gasteiger partial charge is 0.0952 e. The Kier molecular flexibility index (Phi) is 2.61. The van der Waals surface area contributed by atoms with Crippen LogP contribution < -0.4 is 0 Å². The van der Waals surface area contributed by atoms with Gasteiger partial charge in [-0.3, -0.25) is 0 Å². The summed E-state index contributed by atoms with van der Waals surface area (Å²) in [6.07, 6.45) is 0. The van der Waals surface area contributed by atoms with E-state index in [0.717, 1.165) is 6.61 Å². The van der Waals surface area contributed by atoms with E-state index in [4.69, 9.17) is 9.78 Å². The van der Waals surface area contributed by atoms with Gasteiger partial charge in [-0.05, 0) is 20.8 Å². The molecule has 1 atom stereocenters. The summed E-state index contributed by atoms with van der Waals surface area (Å²) in [7, 11) is 0. The quantitative estimate of drug-likeness (QED) is 0.358. The first kappa shape index (κ1) is 8.37. The van der Waals surface area contributed by atoms with Crippen LogP contribution in [0.1, 0.15) is 20.8 Å². The van der Waals surface area contributed by atoms with E-state index in [1.807, 2.05) is 32.5 Å². The maximum absolute atomic E-state index is 5.07. The van der Waals surface area contributed by atoms with Crippen LogP contribution in [0.25, 0.3) is 0 Å². The molecule has 0 amide bonds. The summed E-state index contributed by atoms with van der Waals surface area (Å²) in [5.41, 5.74) is -0.167. The summed E-state index contributed by atoms with van der Waals surface area (Å²) in [4.78, 5) is 10.1. The molecule has 1 aliphatic rings. The first-order valence-corrected chi connectivity index (χ1v) is 4.55. The molecule has 1 unspecified atom stereocenters. The van der Waals surface area contributed by atoms with Gasteiger partial charge in [0.1, 0.15) is 0 Å². The molecule has 1 saturated heterocycles. The monoisotopic (exact) mass is 162 g/mol. The molecular formula is C7H14O2S. The molecule has 3 heteroatoms. The van der Waals surface area contributed by atoms with E-state index < -0.39 is 0 Å². The largest absolute Gasteiger partial charge is 0.235 e. The lowest BCUT2D eigenvalue weighted by atomic mass is 10.2. The predicted molar refractivity (Wildman–Crippen MR) is 43.0 cm³/mol. The molecule has 1 fully saturated rings. The van der Waals surface area contributed by atoms with Crippen molar-refractivity contribution in [2.75, 3.05) is 12.4 Å². The van der Waals surface area contributed by atoms with Gasteiger partial charge in [-0.2, -0.15) is 11.8 Å². The van der Waals surface area contributed by atoms with E-state index in [1.165, 1.54) is 5.75 Å². The topological polar surface area (TPSA) is 18.5 Å². The molecule has 1 aliphatic heterocycles. The van der Waals surface area contributed by atoms with Crippen LogP contribution in [0.3, 0.4) is 0 Å². The van der Waals surface area contributed by atoms with Crippen LogP contribution in [-0.2, 0) is 9.78 Å². The van der Waals surface area contributed by atoms with Crippen LogP contribution in [0.4, 0.5) is 0 Å². The molecule has 0 bridgehead atoms. The maximum atomic E-state index is 5.07. The van der Waals surface area contributed by atoms with Gasteiger partial charge in [0, 0.05) is 11.0 Å². The van der Waals surface area contributed by atoms with Gasteiger partial charge in [-0.15, -0.1) is 0 Å². The molecule has 0 radical (unpaired) electrons. The number of hydrogen-bond acceptors (Lipinski definition) is 3. The standard InChI is InChI=1S/C7H14O2S/c1-7(2,3)9-8-4-6-5-10-6/h6H,4-5H2,1-3H3. The molecule has 0 aromatic heterocycles. The van der Waals surface area contributed by atoms with Gasteiger partial charge < -0.3 is 0 Å². The van der Waals surface area contributed by atoms with Crippen molar-refractivity contribution < 1.29 is 9.78 Å². The molecule has 0 saturated carbocycles. The van der Waals surface area contributed by atoms with Crippen LogP contribution in [0, 0.1) is 0 Å². The van der Waals surface area contributed by atoms with Crippen molar-refractivity contribution in [1.29, 1.82) is 0 Å². The van der Waals surface area contributed by atoms with Gasteiger partial charge >= 0.3 is 0 Å². The summed E-state index contributed by atoms with van der Waals surface area (Å²) < 4.78 is 0. The van der Waals surface area contributed by atoms with E-state index in [1.54, 1.807) is 0 Å². The predicted octanol–water partition coefficient (Wildman–Crippen LogP) is 1.85. The lowest BCUT2D eigenvalue weighted by Crippen LogP contribution is -2.20. The second-order valence-electron chi connectivity index (χ2n) is 3.44. The highest BCUT2D eigenvalue weighted by molar-refractivity contribution is 8.06. The summed E-state index contributed by atoms with van der Waals surface area (Å²) in [6.45, 7) is 6.68. The number of thioether (sulfide) groups is 1. The van der Waals surface area contributed by atoms with Crippen LogP contribution in [0.15, 0.2) is 0 Å². The third kappa shape index (κ3) is 4.14. The fourth-order valence-corrected chi connectivity index (χ4v) is 0.835. The lowest BCUT2D eigenvalue weighted by Gasteiger charge is -2.16. The summed E-state index contributed by atoms with van der Waals surface area (Å²) in [5.74, 6) is 1.23. The molecule has 2 nitrogen and oxygen atoms in total. The molecular weight excluding hydrogens is 148 g/mol. The third-order valence-corrected chi connectivity index (χ3v) is 1.91. The summed E-state index contributed by atoms with van der Waals surface area (Å²) >= 11 is 1.91. The minimum Gasteiger partial charge on any atom is -0.235 e. The Morgan fingerprint density at radius 3 is 2.50 bits per heavy atom. The average Bonchev–Trinajstić information content (AvgIpc) is 2.45. The van der Waals surface area contributed by atoms with Crippen molar-refractivity contribution in [3.63, 3.8) is 0 Å². The van der Waals surface area contributed by atoms with Crippen LogP contribution in [0.2, 0.25) is 0 Å². The van der Waals surface area contributed by atoms with Gasteiger partial charge in [0.25, 0.3) is 0 Å². The third-order valence-electron chi connectivity index (χ3n) is 0.965. The normalized spacial score (nSPS) is 24.9. The zero-order chi connectivity index (χ0) is 7.61. The molecule has 1 rings (SSSR count). The molecule has 0 spiro atoms. The molecule has 60 valence electrons. The average molecular weight is 162 g/mol. The second-order valence-corrected chi connectivity index (χ2v) is 4.77. The molecule has 0 N–H and O–H groups in total. The summed E-state index contributed by atoms with van der Waals surface area (Å²) in [6, 6.07) is 0. The zero-order valence-corrected chi connectivity index (χ0v) is 7.53. The Morgan fingerprint density at radius 1 is 1.50 bits per heavy atom. The van der Waals surface area contributed by atoms with Crippen LogP contribution >= 0.6 is 11.8 Å². The van der Waals surface area contributed by atoms with Gasteiger partial charge in [-0.1, -0.05) is 0 Å². The lowest BCUT2D eigenvalue weighted by molar-refractivity contribution is -0.346. The minimum atomic E-state index is -0.167. The summed E-state index contributed by atoms with van der Waals surface area (Å²) in [5, 5.41) is 0.697. The Bertz CT molecular complexity index is 105. The molecule has 0 aromatic rings. The Hall–Kier alpha value is 0.270. The number of hydrogen-bond donors (Lipinski definition) is 0. The van der Waals surface area contributed by atoms with E-state index in [2.05, 4.69) is 0 Å². The van der Waals surface area contributed by atoms with Crippen molar-refractivity contribution in [3.05, 3.63) is 0 Å². The molecule has 1 heterocycles. The Balaban J connectivity index is 1.93. The number of rotatable bonds is 3. The maximum Gasteiger partial charge on any atom is 0.0952 e. The van der Waals surface area contributed by atoms with Crippen molar-refractivity contribution >= 4 is 11.8 Å².